The molecule has 0 radical (unpaired) electrons. The minimum Gasteiger partial charge on any atom is -0.446 e. The number of carbonyl (C=O) groups is 1. The third-order valence-electron chi connectivity index (χ3n) is 8.45. The third kappa shape index (κ3) is 3.47. The van der Waals surface area contributed by atoms with Crippen molar-refractivity contribution in [2.24, 2.45) is 23.7 Å². The second kappa shape index (κ2) is 7.46. The fourth-order valence-corrected chi connectivity index (χ4v) is 7.15. The second-order valence-corrected chi connectivity index (χ2v) is 10.5. The standard InChI is InChI=1S/C25H33NO5/c1-2-16-5-7-21(8-6-16)26-23(27)28-22-4-3-9-24(15-22)29-25(31-30-24)19-11-17-10-18(13-19)14-20(25)12-17/h5-8,17-20,22H,2-4,9-15H2,1H3,(H,26,27). The molecule has 6 heteroatoms. The van der Waals surface area contributed by atoms with Gasteiger partial charge in [0.1, 0.15) is 6.10 Å². The molecule has 31 heavy (non-hydrogen) atoms. The van der Waals surface area contributed by atoms with Gasteiger partial charge in [0.25, 0.3) is 0 Å². The van der Waals surface area contributed by atoms with Crippen molar-refractivity contribution in [1.82, 2.24) is 0 Å². The predicted molar refractivity (Wildman–Crippen MR) is 114 cm³/mol. The average molecular weight is 428 g/mol. The van der Waals surface area contributed by atoms with Crippen molar-refractivity contribution in [3.63, 3.8) is 0 Å². The Hall–Kier alpha value is -1.63. The minimum atomic E-state index is -0.776. The number of anilines is 1. The number of carbonyl (C=O) groups excluding carboxylic acids is 1. The van der Waals surface area contributed by atoms with Crippen LogP contribution in [-0.2, 0) is 25.7 Å². The molecular formula is C25H33NO5. The lowest BCUT2D eigenvalue weighted by molar-refractivity contribution is -0.390. The summed E-state index contributed by atoms with van der Waals surface area (Å²) in [7, 11) is 0. The lowest BCUT2D eigenvalue weighted by Gasteiger charge is -2.57. The molecule has 6 fully saturated rings. The highest BCUT2D eigenvalue weighted by molar-refractivity contribution is 5.84. The summed E-state index contributed by atoms with van der Waals surface area (Å²) in [6.07, 6.45) is 9.54. The van der Waals surface area contributed by atoms with Gasteiger partial charge in [-0.05, 0) is 80.9 Å². The molecule has 1 N–H and O–H groups in total. The summed E-state index contributed by atoms with van der Waals surface area (Å²) in [4.78, 5) is 24.6. The molecule has 5 saturated carbocycles. The fourth-order valence-electron chi connectivity index (χ4n) is 7.15. The van der Waals surface area contributed by atoms with E-state index in [-0.39, 0.29) is 6.10 Å². The van der Waals surface area contributed by atoms with E-state index < -0.39 is 17.7 Å². The topological polar surface area (TPSA) is 66.0 Å². The molecule has 4 bridgehead atoms. The molecule has 1 heterocycles. The highest BCUT2D eigenvalue weighted by atomic mass is 17.3. The summed E-state index contributed by atoms with van der Waals surface area (Å²) in [6.45, 7) is 2.11. The number of rotatable bonds is 3. The predicted octanol–water partition coefficient (Wildman–Crippen LogP) is 5.57. The van der Waals surface area contributed by atoms with Crippen LogP contribution in [0.15, 0.2) is 24.3 Å². The van der Waals surface area contributed by atoms with Crippen molar-refractivity contribution in [2.75, 3.05) is 5.32 Å². The fraction of sp³-hybridized carbons (Fsp3) is 0.720. The van der Waals surface area contributed by atoms with Crippen LogP contribution in [0.2, 0.25) is 0 Å². The summed E-state index contributed by atoms with van der Waals surface area (Å²) in [5.74, 6) is 1.22. The van der Waals surface area contributed by atoms with Crippen LogP contribution in [0.3, 0.4) is 0 Å². The maximum Gasteiger partial charge on any atom is 0.411 e. The van der Waals surface area contributed by atoms with E-state index in [1.165, 1.54) is 37.7 Å². The first-order valence-corrected chi connectivity index (χ1v) is 12.2. The molecule has 2 atom stereocenters. The number of hydrogen-bond donors (Lipinski definition) is 1. The molecule has 5 aliphatic carbocycles. The molecule has 2 spiro atoms. The Bertz CT molecular complexity index is 811. The molecule has 1 saturated heterocycles. The first-order chi connectivity index (χ1) is 15.1. The van der Waals surface area contributed by atoms with E-state index in [0.717, 1.165) is 43.2 Å². The van der Waals surface area contributed by atoms with Gasteiger partial charge in [-0.25, -0.2) is 4.79 Å². The average Bonchev–Trinajstić information content (AvgIpc) is 3.11. The van der Waals surface area contributed by atoms with Crippen molar-refractivity contribution in [1.29, 1.82) is 0 Å². The van der Waals surface area contributed by atoms with E-state index in [9.17, 15) is 4.79 Å². The number of amides is 1. The van der Waals surface area contributed by atoms with Gasteiger partial charge >= 0.3 is 6.09 Å². The summed E-state index contributed by atoms with van der Waals surface area (Å²) in [5.41, 5.74) is 1.99. The zero-order chi connectivity index (χ0) is 21.1. The monoisotopic (exact) mass is 427 g/mol. The number of nitrogens with one attached hydrogen (secondary N) is 1. The SMILES string of the molecule is CCc1ccc(NC(=O)OC2CCCC3(C2)OOC2(O3)C3CC4CC(C3)CC2C4)cc1. The van der Waals surface area contributed by atoms with Gasteiger partial charge in [-0.3, -0.25) is 5.32 Å². The first kappa shape index (κ1) is 20.0. The molecule has 1 aromatic rings. The lowest BCUT2D eigenvalue weighted by atomic mass is 9.53. The van der Waals surface area contributed by atoms with Crippen molar-refractivity contribution in [3.8, 4) is 0 Å². The zero-order valence-corrected chi connectivity index (χ0v) is 18.3. The smallest absolute Gasteiger partial charge is 0.411 e. The summed E-state index contributed by atoms with van der Waals surface area (Å²) in [5, 5.41) is 2.84. The van der Waals surface area contributed by atoms with Crippen molar-refractivity contribution >= 4 is 11.8 Å². The Kier molecular flexibility index (Phi) is 4.82. The van der Waals surface area contributed by atoms with Crippen molar-refractivity contribution < 1.29 is 24.0 Å². The van der Waals surface area contributed by atoms with E-state index in [0.29, 0.717) is 18.3 Å². The molecule has 2 unspecified atom stereocenters. The second-order valence-electron chi connectivity index (χ2n) is 10.5. The van der Waals surface area contributed by atoms with E-state index in [1.54, 1.807) is 0 Å². The van der Waals surface area contributed by atoms with Gasteiger partial charge in [-0.1, -0.05) is 19.1 Å². The molecular weight excluding hydrogens is 394 g/mol. The number of hydrogen-bond acceptors (Lipinski definition) is 5. The Morgan fingerprint density at radius 2 is 1.77 bits per heavy atom. The molecule has 168 valence electrons. The maximum atomic E-state index is 12.5. The first-order valence-electron chi connectivity index (χ1n) is 12.2. The molecule has 7 rings (SSSR count). The van der Waals surface area contributed by atoms with Gasteiger partial charge in [0.2, 0.25) is 11.6 Å². The Labute approximate surface area is 183 Å². The van der Waals surface area contributed by atoms with Gasteiger partial charge in [0.15, 0.2) is 0 Å². The highest BCUT2D eigenvalue weighted by Gasteiger charge is 2.67. The van der Waals surface area contributed by atoms with Crippen LogP contribution in [-0.4, -0.2) is 23.8 Å². The summed E-state index contributed by atoms with van der Waals surface area (Å²) >= 11 is 0. The quantitative estimate of drug-likeness (QED) is 0.639. The number of ether oxygens (including phenoxy) is 2. The molecule has 6 nitrogen and oxygen atoms in total. The summed E-state index contributed by atoms with van der Waals surface area (Å²) < 4.78 is 12.5. The molecule has 1 amide bonds. The lowest BCUT2D eigenvalue weighted by Crippen LogP contribution is -2.59. The summed E-state index contributed by atoms with van der Waals surface area (Å²) in [6, 6.07) is 7.87. The van der Waals surface area contributed by atoms with Gasteiger partial charge in [-0.15, -0.1) is 0 Å². The van der Waals surface area contributed by atoms with Crippen LogP contribution in [0.1, 0.15) is 70.3 Å². The van der Waals surface area contributed by atoms with E-state index in [2.05, 4.69) is 12.2 Å². The van der Waals surface area contributed by atoms with Crippen LogP contribution in [0.5, 0.6) is 0 Å². The zero-order valence-electron chi connectivity index (χ0n) is 18.3. The van der Waals surface area contributed by atoms with E-state index in [4.69, 9.17) is 19.2 Å². The van der Waals surface area contributed by atoms with E-state index in [1.807, 2.05) is 24.3 Å². The van der Waals surface area contributed by atoms with Crippen LogP contribution in [0.25, 0.3) is 0 Å². The van der Waals surface area contributed by atoms with Crippen LogP contribution >= 0.6 is 0 Å². The highest BCUT2D eigenvalue weighted by Crippen LogP contribution is 2.63. The Morgan fingerprint density at radius 3 is 2.45 bits per heavy atom. The van der Waals surface area contributed by atoms with Gasteiger partial charge < -0.3 is 9.47 Å². The maximum absolute atomic E-state index is 12.5. The normalized spacial score (nSPS) is 42.9. The largest absolute Gasteiger partial charge is 0.446 e. The van der Waals surface area contributed by atoms with Crippen LogP contribution < -0.4 is 5.32 Å². The Balaban J connectivity index is 1.10. The van der Waals surface area contributed by atoms with Gasteiger partial charge in [0, 0.05) is 30.4 Å². The minimum absolute atomic E-state index is 0.237. The van der Waals surface area contributed by atoms with Crippen LogP contribution in [0, 0.1) is 23.7 Å². The number of aryl methyl sites for hydroxylation is 1. The van der Waals surface area contributed by atoms with Gasteiger partial charge in [-0.2, -0.15) is 9.78 Å². The molecule has 0 aromatic heterocycles. The number of benzene rings is 1. The van der Waals surface area contributed by atoms with E-state index >= 15 is 0 Å². The molecule has 1 aromatic carbocycles. The van der Waals surface area contributed by atoms with Crippen LogP contribution in [0.4, 0.5) is 10.5 Å². The molecule has 1 aliphatic heterocycles. The third-order valence-corrected chi connectivity index (χ3v) is 8.45. The van der Waals surface area contributed by atoms with Crippen molar-refractivity contribution in [2.45, 2.75) is 88.8 Å². The van der Waals surface area contributed by atoms with Crippen molar-refractivity contribution in [3.05, 3.63) is 29.8 Å². The van der Waals surface area contributed by atoms with Gasteiger partial charge in [0.05, 0.1) is 0 Å². The molecule has 6 aliphatic rings. The Morgan fingerprint density at radius 1 is 1.06 bits per heavy atom.